The van der Waals surface area contributed by atoms with E-state index in [-0.39, 0.29) is 0 Å². The molecule has 0 fully saturated rings. The number of hydrogen-bond donors (Lipinski definition) is 1. The minimum Gasteiger partial charge on any atom is -0.380 e. The summed E-state index contributed by atoms with van der Waals surface area (Å²) in [6, 6.07) is 0.644. The first kappa shape index (κ1) is 12.9. The van der Waals surface area contributed by atoms with Crippen LogP contribution in [-0.4, -0.2) is 25.8 Å². The van der Waals surface area contributed by atoms with Gasteiger partial charge >= 0.3 is 0 Å². The number of unbranched alkanes of at least 4 members (excludes halogenated alkanes) is 1. The fourth-order valence-corrected chi connectivity index (χ4v) is 1.24. The fourth-order valence-electron chi connectivity index (χ4n) is 1.24. The highest BCUT2D eigenvalue weighted by molar-refractivity contribution is 4.59. The Kier molecular flexibility index (Phi) is 9.94. The molecule has 0 spiro atoms. The first-order chi connectivity index (χ1) is 6.31. The molecule has 0 heterocycles. The van der Waals surface area contributed by atoms with Crippen LogP contribution in [0.2, 0.25) is 0 Å². The lowest BCUT2D eigenvalue weighted by molar-refractivity contribution is 0.134. The molecule has 0 aromatic heterocycles. The van der Waals surface area contributed by atoms with Gasteiger partial charge in [0.25, 0.3) is 0 Å². The van der Waals surface area contributed by atoms with Crippen molar-refractivity contribution in [3.63, 3.8) is 0 Å². The van der Waals surface area contributed by atoms with Gasteiger partial charge < -0.3 is 10.1 Å². The molecule has 13 heavy (non-hydrogen) atoms. The summed E-state index contributed by atoms with van der Waals surface area (Å²) in [5.74, 6) is 0. The molecular formula is C11H25NO. The number of rotatable bonds is 9. The van der Waals surface area contributed by atoms with Gasteiger partial charge in [0.15, 0.2) is 0 Å². The van der Waals surface area contributed by atoms with Gasteiger partial charge in [0.1, 0.15) is 0 Å². The van der Waals surface area contributed by atoms with E-state index in [9.17, 15) is 0 Å². The van der Waals surface area contributed by atoms with Crippen LogP contribution in [0, 0.1) is 0 Å². The number of ether oxygens (including phenoxy) is 1. The van der Waals surface area contributed by atoms with E-state index in [2.05, 4.69) is 26.1 Å². The van der Waals surface area contributed by atoms with Crippen LogP contribution in [0.1, 0.15) is 46.5 Å². The zero-order valence-electron chi connectivity index (χ0n) is 9.44. The molecular weight excluding hydrogens is 162 g/mol. The second kappa shape index (κ2) is 10.0. The molecule has 2 heteroatoms. The van der Waals surface area contributed by atoms with Gasteiger partial charge in [-0.2, -0.15) is 0 Å². The van der Waals surface area contributed by atoms with Gasteiger partial charge in [-0.1, -0.05) is 26.7 Å². The average Bonchev–Trinajstić information content (AvgIpc) is 2.14. The lowest BCUT2D eigenvalue weighted by atomic mass is 10.1. The molecule has 0 saturated carbocycles. The highest BCUT2D eigenvalue weighted by Crippen LogP contribution is 1.98. The molecule has 0 aromatic carbocycles. The predicted octanol–water partition coefficient (Wildman–Crippen LogP) is 2.58. The Morgan fingerprint density at radius 3 is 2.54 bits per heavy atom. The molecule has 0 amide bonds. The number of hydrogen-bond acceptors (Lipinski definition) is 2. The molecule has 1 unspecified atom stereocenters. The Bertz CT molecular complexity index is 96.1. The van der Waals surface area contributed by atoms with Crippen molar-refractivity contribution in [1.29, 1.82) is 0 Å². The third-order valence-corrected chi connectivity index (χ3v) is 2.08. The lowest BCUT2D eigenvalue weighted by Crippen LogP contribution is -2.29. The third kappa shape index (κ3) is 9.84. The summed E-state index contributed by atoms with van der Waals surface area (Å²) < 4.78 is 5.38. The first-order valence-electron chi connectivity index (χ1n) is 5.62. The maximum atomic E-state index is 5.38. The predicted molar refractivity (Wildman–Crippen MR) is 58.1 cm³/mol. The topological polar surface area (TPSA) is 21.3 Å². The Hall–Kier alpha value is -0.0800. The van der Waals surface area contributed by atoms with E-state index in [0.717, 1.165) is 26.2 Å². The van der Waals surface area contributed by atoms with E-state index in [1.54, 1.807) is 0 Å². The van der Waals surface area contributed by atoms with Crippen LogP contribution < -0.4 is 5.32 Å². The second-order valence-corrected chi connectivity index (χ2v) is 3.61. The summed E-state index contributed by atoms with van der Waals surface area (Å²) in [6.45, 7) is 9.35. The number of nitrogens with one attached hydrogen (secondary N) is 1. The maximum absolute atomic E-state index is 5.38. The van der Waals surface area contributed by atoms with E-state index in [4.69, 9.17) is 4.74 Å². The molecule has 0 radical (unpaired) electrons. The fraction of sp³-hybridized carbons (Fsp3) is 1.00. The third-order valence-electron chi connectivity index (χ3n) is 2.08. The summed E-state index contributed by atoms with van der Waals surface area (Å²) in [5.41, 5.74) is 0. The minimum absolute atomic E-state index is 0.644. The van der Waals surface area contributed by atoms with Crippen molar-refractivity contribution in [2.75, 3.05) is 19.8 Å². The summed E-state index contributed by atoms with van der Waals surface area (Å²) >= 11 is 0. The van der Waals surface area contributed by atoms with Crippen molar-refractivity contribution in [2.24, 2.45) is 0 Å². The van der Waals surface area contributed by atoms with Crippen LogP contribution in [0.15, 0.2) is 0 Å². The van der Waals surface area contributed by atoms with Crippen LogP contribution in [0.5, 0.6) is 0 Å². The zero-order chi connectivity index (χ0) is 9.94. The van der Waals surface area contributed by atoms with Crippen molar-refractivity contribution in [3.05, 3.63) is 0 Å². The van der Waals surface area contributed by atoms with Gasteiger partial charge in [0.05, 0.1) is 6.61 Å². The molecule has 1 atom stereocenters. The van der Waals surface area contributed by atoms with Gasteiger partial charge in [-0.25, -0.2) is 0 Å². The summed E-state index contributed by atoms with van der Waals surface area (Å²) in [6.07, 6.45) is 5.01. The molecule has 80 valence electrons. The van der Waals surface area contributed by atoms with Gasteiger partial charge in [-0.05, 0) is 19.8 Å². The standard InChI is InChI=1S/C11H25NO/c1-4-6-7-11(3)12-8-10-13-9-5-2/h11-12H,4-10H2,1-3H3. The maximum Gasteiger partial charge on any atom is 0.0590 e. The van der Waals surface area contributed by atoms with Crippen molar-refractivity contribution in [3.8, 4) is 0 Å². The Balaban J connectivity index is 3.03. The second-order valence-electron chi connectivity index (χ2n) is 3.61. The van der Waals surface area contributed by atoms with Crippen molar-refractivity contribution >= 4 is 0 Å². The van der Waals surface area contributed by atoms with E-state index in [0.29, 0.717) is 6.04 Å². The Labute approximate surface area is 83.1 Å². The zero-order valence-corrected chi connectivity index (χ0v) is 9.44. The quantitative estimate of drug-likeness (QED) is 0.560. The molecule has 1 N–H and O–H groups in total. The first-order valence-corrected chi connectivity index (χ1v) is 5.62. The van der Waals surface area contributed by atoms with Crippen molar-refractivity contribution in [2.45, 2.75) is 52.5 Å². The van der Waals surface area contributed by atoms with Gasteiger partial charge in [0.2, 0.25) is 0 Å². The molecule has 0 aromatic rings. The molecule has 2 nitrogen and oxygen atoms in total. The monoisotopic (exact) mass is 187 g/mol. The van der Waals surface area contributed by atoms with Crippen LogP contribution in [0.4, 0.5) is 0 Å². The van der Waals surface area contributed by atoms with Crippen LogP contribution in [0.3, 0.4) is 0 Å². The molecule has 0 aliphatic carbocycles. The van der Waals surface area contributed by atoms with Gasteiger partial charge in [-0.15, -0.1) is 0 Å². The average molecular weight is 187 g/mol. The van der Waals surface area contributed by atoms with Gasteiger partial charge in [0, 0.05) is 19.2 Å². The molecule has 0 aliphatic heterocycles. The van der Waals surface area contributed by atoms with Crippen molar-refractivity contribution in [1.82, 2.24) is 5.32 Å². The molecule has 0 saturated heterocycles. The highest BCUT2D eigenvalue weighted by Gasteiger charge is 1.98. The largest absolute Gasteiger partial charge is 0.380 e. The molecule has 0 bridgehead atoms. The van der Waals surface area contributed by atoms with E-state index < -0.39 is 0 Å². The SMILES string of the molecule is CCCCC(C)NCCOCCC. The van der Waals surface area contributed by atoms with Gasteiger partial charge in [-0.3, -0.25) is 0 Å². The summed E-state index contributed by atoms with van der Waals surface area (Å²) in [4.78, 5) is 0. The lowest BCUT2D eigenvalue weighted by Gasteiger charge is -2.12. The van der Waals surface area contributed by atoms with Crippen LogP contribution >= 0.6 is 0 Å². The summed E-state index contributed by atoms with van der Waals surface area (Å²) in [7, 11) is 0. The molecule has 0 aliphatic rings. The smallest absolute Gasteiger partial charge is 0.0590 e. The normalized spacial score (nSPS) is 13.2. The molecule has 0 rings (SSSR count). The highest BCUT2D eigenvalue weighted by atomic mass is 16.5. The van der Waals surface area contributed by atoms with E-state index >= 15 is 0 Å². The van der Waals surface area contributed by atoms with E-state index in [1.165, 1.54) is 19.3 Å². The van der Waals surface area contributed by atoms with Crippen LogP contribution in [-0.2, 0) is 4.74 Å². The minimum atomic E-state index is 0.644. The van der Waals surface area contributed by atoms with Crippen molar-refractivity contribution < 1.29 is 4.74 Å². The summed E-state index contributed by atoms with van der Waals surface area (Å²) in [5, 5.41) is 3.45. The van der Waals surface area contributed by atoms with Crippen LogP contribution in [0.25, 0.3) is 0 Å². The Morgan fingerprint density at radius 1 is 1.15 bits per heavy atom. The van der Waals surface area contributed by atoms with E-state index in [1.807, 2.05) is 0 Å². The Morgan fingerprint density at radius 2 is 1.92 bits per heavy atom.